The first kappa shape index (κ1) is 30.2. The first-order chi connectivity index (χ1) is 18.2. The molecule has 2 amide bonds. The molecule has 1 atom stereocenters. The van der Waals surface area contributed by atoms with Gasteiger partial charge in [-0.3, -0.25) is 13.9 Å². The first-order valence-electron chi connectivity index (χ1n) is 12.7. The van der Waals surface area contributed by atoms with E-state index in [1.54, 1.807) is 18.2 Å². The zero-order valence-electron chi connectivity index (χ0n) is 23.0. The number of halogens is 1. The Labute approximate surface area is 236 Å². The third-order valence-electron chi connectivity index (χ3n) is 5.98. The van der Waals surface area contributed by atoms with Crippen molar-refractivity contribution in [2.24, 2.45) is 0 Å². The molecule has 39 heavy (non-hydrogen) atoms. The Kier molecular flexibility index (Phi) is 9.80. The van der Waals surface area contributed by atoms with Gasteiger partial charge < -0.3 is 10.2 Å². The fourth-order valence-electron chi connectivity index (χ4n) is 4.26. The molecule has 1 N–H and O–H groups in total. The molecular formula is C30H36ClN3O4S. The van der Waals surface area contributed by atoms with Gasteiger partial charge in [0.1, 0.15) is 12.6 Å². The van der Waals surface area contributed by atoms with E-state index in [-0.39, 0.29) is 24.6 Å². The molecule has 0 saturated carbocycles. The van der Waals surface area contributed by atoms with Crippen LogP contribution >= 0.6 is 11.6 Å². The summed E-state index contributed by atoms with van der Waals surface area (Å²) in [5.74, 6) is -0.826. The third kappa shape index (κ3) is 9.11. The van der Waals surface area contributed by atoms with Gasteiger partial charge in [-0.2, -0.15) is 0 Å². The Morgan fingerprint density at radius 1 is 0.923 bits per heavy atom. The summed E-state index contributed by atoms with van der Waals surface area (Å²) in [6, 6.07) is 22.6. The molecule has 0 aliphatic heterocycles. The maximum absolute atomic E-state index is 14.1. The average molecular weight is 570 g/mol. The van der Waals surface area contributed by atoms with Crippen LogP contribution in [-0.2, 0) is 32.6 Å². The summed E-state index contributed by atoms with van der Waals surface area (Å²) in [6.07, 6.45) is 1.30. The van der Waals surface area contributed by atoms with Crippen LogP contribution in [0, 0.1) is 6.92 Å². The van der Waals surface area contributed by atoms with Crippen LogP contribution in [-0.4, -0.2) is 49.5 Å². The van der Waals surface area contributed by atoms with Gasteiger partial charge in [-0.05, 0) is 57.0 Å². The fourth-order valence-corrected chi connectivity index (χ4v) is 5.29. The second-order valence-corrected chi connectivity index (χ2v) is 13.0. The number of carbonyl (C=O) groups excluding carboxylic acids is 2. The minimum Gasteiger partial charge on any atom is -0.350 e. The molecule has 0 bridgehead atoms. The van der Waals surface area contributed by atoms with Crippen LogP contribution in [0.3, 0.4) is 0 Å². The zero-order valence-corrected chi connectivity index (χ0v) is 24.6. The van der Waals surface area contributed by atoms with E-state index in [0.717, 1.165) is 27.3 Å². The summed E-state index contributed by atoms with van der Waals surface area (Å²) >= 11 is 6.13. The summed E-state index contributed by atoms with van der Waals surface area (Å²) in [7, 11) is -3.85. The van der Waals surface area contributed by atoms with Crippen LogP contribution in [0.2, 0.25) is 5.02 Å². The predicted octanol–water partition coefficient (Wildman–Crippen LogP) is 4.97. The monoisotopic (exact) mass is 569 g/mol. The van der Waals surface area contributed by atoms with Crippen molar-refractivity contribution in [3.63, 3.8) is 0 Å². The SMILES string of the molecule is Cc1cccc(CN(C(=O)CN(c2cccc(Cl)c2)S(C)(=O)=O)[C@H](Cc2ccccc2)C(=O)NC(C)(C)C)c1. The molecule has 0 aliphatic rings. The number of nitrogens with zero attached hydrogens (tertiary/aromatic N) is 2. The highest BCUT2D eigenvalue weighted by atomic mass is 35.5. The Bertz CT molecular complexity index is 1400. The molecule has 0 radical (unpaired) electrons. The minimum atomic E-state index is -3.85. The third-order valence-corrected chi connectivity index (χ3v) is 7.36. The van der Waals surface area contributed by atoms with E-state index in [1.165, 1.54) is 11.0 Å². The Hall–Kier alpha value is -3.36. The lowest BCUT2D eigenvalue weighted by atomic mass is 10.0. The number of anilines is 1. The van der Waals surface area contributed by atoms with Crippen LogP contribution in [0.15, 0.2) is 78.9 Å². The topological polar surface area (TPSA) is 86.8 Å². The van der Waals surface area contributed by atoms with Gasteiger partial charge in [0.05, 0.1) is 11.9 Å². The second kappa shape index (κ2) is 12.7. The van der Waals surface area contributed by atoms with Crippen molar-refractivity contribution >= 4 is 39.1 Å². The largest absolute Gasteiger partial charge is 0.350 e. The van der Waals surface area contributed by atoms with Crippen molar-refractivity contribution in [2.75, 3.05) is 17.1 Å². The quantitative estimate of drug-likeness (QED) is 0.373. The van der Waals surface area contributed by atoms with Crippen LogP contribution in [0.25, 0.3) is 0 Å². The number of sulfonamides is 1. The maximum Gasteiger partial charge on any atom is 0.244 e. The van der Waals surface area contributed by atoms with Crippen LogP contribution in [0.4, 0.5) is 5.69 Å². The van der Waals surface area contributed by atoms with E-state index in [1.807, 2.05) is 82.3 Å². The van der Waals surface area contributed by atoms with Crippen molar-refractivity contribution in [2.45, 2.75) is 52.2 Å². The molecule has 0 aliphatic carbocycles. The van der Waals surface area contributed by atoms with Gasteiger partial charge in [0.15, 0.2) is 0 Å². The van der Waals surface area contributed by atoms with E-state index in [4.69, 9.17) is 11.6 Å². The molecule has 3 aromatic carbocycles. The number of benzene rings is 3. The number of hydrogen-bond acceptors (Lipinski definition) is 4. The highest BCUT2D eigenvalue weighted by molar-refractivity contribution is 7.92. The summed E-state index contributed by atoms with van der Waals surface area (Å²) in [5, 5.41) is 3.36. The molecule has 0 unspecified atom stereocenters. The summed E-state index contributed by atoms with van der Waals surface area (Å²) < 4.78 is 26.7. The molecule has 0 saturated heterocycles. The molecule has 208 valence electrons. The molecule has 0 heterocycles. The average Bonchev–Trinajstić information content (AvgIpc) is 2.83. The standard InChI is InChI=1S/C30H36ClN3O4S/c1-22-11-9-14-24(17-22)20-33(27(29(36)32-30(2,3)4)18-23-12-7-6-8-13-23)28(35)21-34(39(5,37)38)26-16-10-15-25(31)19-26/h6-17,19,27H,18,20-21H2,1-5H3,(H,32,36)/t27-/m1/s1. The lowest BCUT2D eigenvalue weighted by Crippen LogP contribution is -2.56. The molecule has 0 aromatic heterocycles. The number of amides is 2. The van der Waals surface area contributed by atoms with Gasteiger partial charge in [0, 0.05) is 23.5 Å². The van der Waals surface area contributed by atoms with E-state index in [2.05, 4.69) is 5.32 Å². The number of hydrogen-bond donors (Lipinski definition) is 1. The summed E-state index contributed by atoms with van der Waals surface area (Å²) in [4.78, 5) is 29.2. The van der Waals surface area contributed by atoms with Crippen LogP contribution in [0.1, 0.15) is 37.5 Å². The zero-order chi connectivity index (χ0) is 28.8. The first-order valence-corrected chi connectivity index (χ1v) is 14.9. The second-order valence-electron chi connectivity index (χ2n) is 10.7. The minimum absolute atomic E-state index is 0.128. The van der Waals surface area contributed by atoms with E-state index in [0.29, 0.717) is 5.02 Å². The Balaban J connectivity index is 2.08. The highest BCUT2D eigenvalue weighted by Crippen LogP contribution is 2.23. The lowest BCUT2D eigenvalue weighted by molar-refractivity contribution is -0.140. The number of aryl methyl sites for hydroxylation is 1. The van der Waals surface area contributed by atoms with Gasteiger partial charge in [0.2, 0.25) is 21.8 Å². The van der Waals surface area contributed by atoms with Crippen molar-refractivity contribution in [1.29, 1.82) is 0 Å². The molecule has 3 aromatic rings. The van der Waals surface area contributed by atoms with Gasteiger partial charge in [-0.25, -0.2) is 8.42 Å². The van der Waals surface area contributed by atoms with Gasteiger partial charge in [-0.15, -0.1) is 0 Å². The predicted molar refractivity (Wildman–Crippen MR) is 157 cm³/mol. The highest BCUT2D eigenvalue weighted by Gasteiger charge is 2.34. The van der Waals surface area contributed by atoms with Crippen molar-refractivity contribution in [3.8, 4) is 0 Å². The number of rotatable bonds is 10. The smallest absolute Gasteiger partial charge is 0.244 e. The molecule has 0 fully saturated rings. The maximum atomic E-state index is 14.1. The number of carbonyl (C=O) groups is 2. The lowest BCUT2D eigenvalue weighted by Gasteiger charge is -2.35. The molecule has 9 heteroatoms. The Morgan fingerprint density at radius 3 is 2.15 bits per heavy atom. The fraction of sp³-hybridized carbons (Fsp3) is 0.333. The van der Waals surface area contributed by atoms with E-state index < -0.39 is 34.1 Å². The Morgan fingerprint density at radius 2 is 1.56 bits per heavy atom. The summed E-state index contributed by atoms with van der Waals surface area (Å²) in [6.45, 7) is 7.22. The molecular weight excluding hydrogens is 534 g/mol. The van der Waals surface area contributed by atoms with Crippen molar-refractivity contribution in [1.82, 2.24) is 10.2 Å². The van der Waals surface area contributed by atoms with E-state index in [9.17, 15) is 18.0 Å². The van der Waals surface area contributed by atoms with Crippen molar-refractivity contribution < 1.29 is 18.0 Å². The van der Waals surface area contributed by atoms with Gasteiger partial charge >= 0.3 is 0 Å². The normalized spacial score (nSPS) is 12.5. The molecule has 7 nitrogen and oxygen atoms in total. The van der Waals surface area contributed by atoms with Gasteiger partial charge in [-0.1, -0.05) is 77.8 Å². The van der Waals surface area contributed by atoms with Crippen molar-refractivity contribution in [3.05, 3.63) is 101 Å². The van der Waals surface area contributed by atoms with Gasteiger partial charge in [0.25, 0.3) is 0 Å². The van der Waals surface area contributed by atoms with Crippen LogP contribution < -0.4 is 9.62 Å². The molecule has 0 spiro atoms. The van der Waals surface area contributed by atoms with Crippen LogP contribution in [0.5, 0.6) is 0 Å². The summed E-state index contributed by atoms with van der Waals surface area (Å²) in [5.41, 5.74) is 2.45. The van der Waals surface area contributed by atoms with E-state index >= 15 is 0 Å². The molecule has 3 rings (SSSR count). The number of nitrogens with one attached hydrogen (secondary N) is 1.